The Morgan fingerprint density at radius 2 is 1.04 bits per heavy atom. The molecule has 7 aromatic carbocycles. The molecule has 0 aliphatic rings. The first-order valence-corrected chi connectivity index (χ1v) is 18.1. The summed E-state index contributed by atoms with van der Waals surface area (Å²) in [6, 6.07) is 52.0. The third kappa shape index (κ3) is 6.13. The van der Waals surface area contributed by atoms with Crippen LogP contribution in [0.3, 0.4) is 0 Å². The van der Waals surface area contributed by atoms with E-state index in [4.69, 9.17) is 4.18 Å². The van der Waals surface area contributed by atoms with Gasteiger partial charge in [-0.1, -0.05) is 84.9 Å². The minimum Gasteiger partial charge on any atom is -0.376 e. The van der Waals surface area contributed by atoms with E-state index in [1.54, 1.807) is 0 Å². The Balaban J connectivity index is 1.40. The fraction of sp³-hybridized carbons (Fsp3) is 0.0244. The Morgan fingerprint density at radius 3 is 1.65 bits per heavy atom. The number of fused-ring (bicyclic) bond motifs is 4. The van der Waals surface area contributed by atoms with Gasteiger partial charge < -0.3 is 14.0 Å². The van der Waals surface area contributed by atoms with E-state index in [0.29, 0.717) is 10.4 Å². The summed E-state index contributed by atoms with van der Waals surface area (Å²) in [6.45, 7) is 0. The fourth-order valence-corrected chi connectivity index (χ4v) is 7.89. The molecule has 8 aromatic rings. The van der Waals surface area contributed by atoms with Gasteiger partial charge in [0.2, 0.25) is 0 Å². The van der Waals surface area contributed by atoms with Gasteiger partial charge in [0.25, 0.3) is 0 Å². The Morgan fingerprint density at radius 1 is 0.510 bits per heavy atom. The topological polar surface area (TPSA) is 49.9 Å². The number of thiophene rings is 1. The van der Waals surface area contributed by atoms with Crippen molar-refractivity contribution in [3.8, 4) is 5.75 Å². The highest BCUT2D eigenvalue weighted by Gasteiger charge is 2.48. The predicted molar refractivity (Wildman–Crippen MR) is 202 cm³/mol. The third-order valence-electron chi connectivity index (χ3n) is 8.53. The smallest absolute Gasteiger partial charge is 0.376 e. The number of para-hydroxylation sites is 3. The lowest BCUT2D eigenvalue weighted by molar-refractivity contribution is -0.0500. The Kier molecular flexibility index (Phi) is 8.13. The van der Waals surface area contributed by atoms with Crippen molar-refractivity contribution in [2.45, 2.75) is 5.51 Å². The third-order valence-corrected chi connectivity index (χ3v) is 10.6. The minimum atomic E-state index is -5.94. The zero-order valence-corrected chi connectivity index (χ0v) is 28.3. The summed E-state index contributed by atoms with van der Waals surface area (Å²) >= 11 is 1.34. The molecule has 0 aliphatic heterocycles. The molecule has 0 saturated carbocycles. The second-order valence-electron chi connectivity index (χ2n) is 11.8. The van der Waals surface area contributed by atoms with E-state index in [2.05, 4.69) is 41.3 Å². The number of halogens is 3. The number of nitrogens with zero attached hydrogens (tertiary/aromatic N) is 2. The molecular weight excluding hydrogens is 690 g/mol. The number of hydrogen-bond acceptors (Lipinski definition) is 6. The van der Waals surface area contributed by atoms with E-state index in [-0.39, 0.29) is 0 Å². The van der Waals surface area contributed by atoms with Crippen LogP contribution in [0.2, 0.25) is 0 Å². The molecule has 51 heavy (non-hydrogen) atoms. The van der Waals surface area contributed by atoms with Gasteiger partial charge in [0.05, 0.1) is 5.69 Å². The molecule has 0 spiro atoms. The minimum absolute atomic E-state index is 0.444. The molecule has 0 N–H and O–H groups in total. The predicted octanol–water partition coefficient (Wildman–Crippen LogP) is 12.4. The average molecular weight is 717 g/mol. The van der Waals surface area contributed by atoms with E-state index in [0.717, 1.165) is 54.7 Å². The van der Waals surface area contributed by atoms with Crippen molar-refractivity contribution in [1.82, 2.24) is 0 Å². The van der Waals surface area contributed by atoms with E-state index in [1.165, 1.54) is 23.5 Å². The van der Waals surface area contributed by atoms with Gasteiger partial charge in [-0.2, -0.15) is 21.6 Å². The molecule has 10 heteroatoms. The lowest BCUT2D eigenvalue weighted by Crippen LogP contribution is -2.28. The summed E-state index contributed by atoms with van der Waals surface area (Å²) in [4.78, 5) is 4.06. The first kappa shape index (κ1) is 32.4. The second kappa shape index (κ2) is 12.8. The van der Waals surface area contributed by atoms with Crippen molar-refractivity contribution in [2.24, 2.45) is 0 Å². The monoisotopic (exact) mass is 716 g/mol. The lowest BCUT2D eigenvalue weighted by Gasteiger charge is -2.27. The molecule has 0 bridgehead atoms. The van der Waals surface area contributed by atoms with Crippen molar-refractivity contribution in [3.63, 3.8) is 0 Å². The zero-order chi connectivity index (χ0) is 35.2. The van der Waals surface area contributed by atoms with Gasteiger partial charge >= 0.3 is 15.6 Å². The molecule has 8 rings (SSSR count). The molecule has 0 radical (unpaired) electrons. The number of hydrogen-bond donors (Lipinski definition) is 0. The molecule has 0 fully saturated rings. The average Bonchev–Trinajstić information content (AvgIpc) is 3.50. The van der Waals surface area contributed by atoms with E-state index in [9.17, 15) is 21.6 Å². The van der Waals surface area contributed by atoms with Crippen LogP contribution in [0, 0.1) is 0 Å². The van der Waals surface area contributed by atoms with Crippen molar-refractivity contribution >= 4 is 86.5 Å². The van der Waals surface area contributed by atoms with Crippen LogP contribution in [0.15, 0.2) is 164 Å². The van der Waals surface area contributed by atoms with Crippen LogP contribution < -0.4 is 14.0 Å². The van der Waals surface area contributed by atoms with Crippen molar-refractivity contribution in [1.29, 1.82) is 0 Å². The molecule has 0 atom stereocenters. The summed E-state index contributed by atoms with van der Waals surface area (Å²) in [6.07, 6.45) is 0. The van der Waals surface area contributed by atoms with Crippen LogP contribution in [0.25, 0.3) is 30.9 Å². The van der Waals surface area contributed by atoms with Crippen LogP contribution in [-0.2, 0) is 10.1 Å². The maximum atomic E-state index is 13.6. The Hall–Kier alpha value is -5.84. The maximum absolute atomic E-state index is 13.6. The molecular formula is C41H27F3N2O3S2. The molecule has 252 valence electrons. The molecule has 0 unspecified atom stereocenters. The maximum Gasteiger partial charge on any atom is 0.534 e. The van der Waals surface area contributed by atoms with Gasteiger partial charge in [-0.15, -0.1) is 11.3 Å². The van der Waals surface area contributed by atoms with Crippen LogP contribution in [0.5, 0.6) is 5.75 Å². The fourth-order valence-electron chi connectivity index (χ4n) is 6.31. The van der Waals surface area contributed by atoms with Crippen LogP contribution in [0.1, 0.15) is 0 Å². The first-order chi connectivity index (χ1) is 24.7. The molecule has 0 saturated heterocycles. The summed E-state index contributed by atoms with van der Waals surface area (Å²) in [5, 5.41) is 3.77. The van der Waals surface area contributed by atoms with Gasteiger partial charge in [-0.25, -0.2) is 0 Å². The van der Waals surface area contributed by atoms with E-state index >= 15 is 0 Å². The van der Waals surface area contributed by atoms with Crippen molar-refractivity contribution in [2.75, 3.05) is 9.80 Å². The first-order valence-electron chi connectivity index (χ1n) is 15.9. The van der Waals surface area contributed by atoms with Gasteiger partial charge in [0.15, 0.2) is 0 Å². The number of benzene rings is 7. The lowest BCUT2D eigenvalue weighted by atomic mass is 10.1. The van der Waals surface area contributed by atoms with E-state index < -0.39 is 21.4 Å². The summed E-state index contributed by atoms with van der Waals surface area (Å²) in [5.74, 6) is -0.444. The summed E-state index contributed by atoms with van der Waals surface area (Å²) in [7, 11) is -5.94. The number of rotatable bonds is 8. The normalized spacial score (nSPS) is 12.0. The standard InChI is InChI=1S/C41H27F3N2O3S2/c42-41(43,44)51(47,48)49-35-26-37(46(31-16-6-2-7-17-31)32-18-8-3-9-19-32)40-36-25-34(22-23-38(36)50-39(40)27-35)45(30-14-4-1-5-15-30)33-21-20-28-12-10-11-13-29(28)24-33/h1-27H. The molecule has 0 aliphatic carbocycles. The molecule has 0 amide bonds. The summed E-state index contributed by atoms with van der Waals surface area (Å²) in [5.41, 5.74) is -0.952. The SMILES string of the molecule is O=S(=O)(Oc1cc(N(c2ccccc2)c2ccccc2)c2c(c1)sc1ccc(N(c3ccccc3)c3ccc4ccccc4c3)cc12)C(F)(F)F. The van der Waals surface area contributed by atoms with Gasteiger partial charge in [-0.05, 0) is 83.6 Å². The molecule has 1 heterocycles. The van der Waals surface area contributed by atoms with Crippen molar-refractivity contribution < 1.29 is 25.8 Å². The number of anilines is 6. The van der Waals surface area contributed by atoms with Crippen LogP contribution in [-0.4, -0.2) is 13.9 Å². The van der Waals surface area contributed by atoms with Crippen molar-refractivity contribution in [3.05, 3.63) is 164 Å². The highest BCUT2D eigenvalue weighted by molar-refractivity contribution is 7.88. The van der Waals surface area contributed by atoms with Gasteiger partial charge in [0, 0.05) is 54.7 Å². The largest absolute Gasteiger partial charge is 0.534 e. The van der Waals surface area contributed by atoms with Crippen LogP contribution in [0.4, 0.5) is 47.3 Å². The summed E-state index contributed by atoms with van der Waals surface area (Å²) < 4.78 is 71.3. The zero-order valence-electron chi connectivity index (χ0n) is 26.7. The second-order valence-corrected chi connectivity index (χ2v) is 14.4. The van der Waals surface area contributed by atoms with Gasteiger partial charge in [0.1, 0.15) is 5.75 Å². The molecule has 5 nitrogen and oxygen atoms in total. The molecule has 1 aromatic heterocycles. The highest BCUT2D eigenvalue weighted by atomic mass is 32.2. The quantitative estimate of drug-likeness (QED) is 0.116. The number of alkyl halides is 3. The highest BCUT2D eigenvalue weighted by Crippen LogP contribution is 2.49. The Labute approximate surface area is 296 Å². The Bertz CT molecular complexity index is 2590. The van der Waals surface area contributed by atoms with E-state index in [1.807, 2.05) is 120 Å². The van der Waals surface area contributed by atoms with Crippen LogP contribution >= 0.6 is 11.3 Å². The van der Waals surface area contributed by atoms with Gasteiger partial charge in [-0.3, -0.25) is 0 Å².